The van der Waals surface area contributed by atoms with Gasteiger partial charge in [-0.3, -0.25) is 4.79 Å². The first-order valence-corrected chi connectivity index (χ1v) is 6.66. The predicted molar refractivity (Wildman–Crippen MR) is 69.5 cm³/mol. The highest BCUT2D eigenvalue weighted by molar-refractivity contribution is 7.99. The molecule has 1 rings (SSSR count). The molecule has 0 spiro atoms. The van der Waals surface area contributed by atoms with Crippen LogP contribution in [-0.4, -0.2) is 23.4 Å². The van der Waals surface area contributed by atoms with Crippen LogP contribution in [0, 0.1) is 0 Å². The topological polar surface area (TPSA) is 26.3 Å². The second kappa shape index (κ2) is 6.59. The zero-order valence-corrected chi connectivity index (χ0v) is 10.8. The van der Waals surface area contributed by atoms with Gasteiger partial charge in [0.2, 0.25) is 0 Å². The van der Waals surface area contributed by atoms with Crippen molar-refractivity contribution in [3.8, 4) is 5.75 Å². The van der Waals surface area contributed by atoms with Crippen LogP contribution in [0.1, 0.15) is 31.1 Å². The number of ketones is 1. The zero-order valence-electron chi connectivity index (χ0n) is 10.0. The van der Waals surface area contributed by atoms with Crippen molar-refractivity contribution in [2.45, 2.75) is 26.9 Å². The predicted octanol–water partition coefficient (Wildman–Crippen LogP) is 3.41. The van der Waals surface area contributed by atoms with E-state index < -0.39 is 0 Å². The highest BCUT2D eigenvalue weighted by Crippen LogP contribution is 2.15. The second-order valence-corrected chi connectivity index (χ2v) is 5.03. The third kappa shape index (κ3) is 4.27. The van der Waals surface area contributed by atoms with Crippen LogP contribution in [0.25, 0.3) is 0 Å². The van der Waals surface area contributed by atoms with Crippen LogP contribution in [0.2, 0.25) is 0 Å². The molecule has 0 amide bonds. The number of hydrogen-bond acceptors (Lipinski definition) is 3. The Bertz CT molecular complexity index is 330. The summed E-state index contributed by atoms with van der Waals surface area (Å²) in [5.74, 6) is 2.53. The molecule has 2 nitrogen and oxygen atoms in total. The number of benzene rings is 1. The summed E-state index contributed by atoms with van der Waals surface area (Å²) >= 11 is 1.65. The van der Waals surface area contributed by atoms with E-state index in [1.54, 1.807) is 11.8 Å². The molecular formula is C13H18O2S. The molecule has 88 valence electrons. The number of ether oxygens (including phenoxy) is 1. The molecule has 1 aromatic carbocycles. The van der Waals surface area contributed by atoms with E-state index in [2.05, 4.69) is 6.92 Å². The number of hydrogen-bond donors (Lipinski definition) is 0. The van der Waals surface area contributed by atoms with Crippen LogP contribution in [0.4, 0.5) is 0 Å². The van der Waals surface area contributed by atoms with Gasteiger partial charge in [-0.05, 0) is 43.9 Å². The number of thioether (sulfide) groups is 1. The van der Waals surface area contributed by atoms with Gasteiger partial charge in [-0.25, -0.2) is 0 Å². The zero-order chi connectivity index (χ0) is 12.0. The second-order valence-electron chi connectivity index (χ2n) is 3.75. The molecule has 0 aliphatic heterocycles. The van der Waals surface area contributed by atoms with E-state index in [1.165, 1.54) is 0 Å². The summed E-state index contributed by atoms with van der Waals surface area (Å²) in [7, 11) is 0. The van der Waals surface area contributed by atoms with Gasteiger partial charge in [0, 0.05) is 5.56 Å². The van der Waals surface area contributed by atoms with E-state index in [1.807, 2.05) is 38.1 Å². The Labute approximate surface area is 101 Å². The van der Waals surface area contributed by atoms with Crippen molar-refractivity contribution in [3.63, 3.8) is 0 Å². The van der Waals surface area contributed by atoms with E-state index in [0.29, 0.717) is 5.75 Å². The normalized spacial score (nSPS) is 10.5. The van der Waals surface area contributed by atoms with E-state index in [-0.39, 0.29) is 11.9 Å². The minimum Gasteiger partial charge on any atom is -0.491 e. The van der Waals surface area contributed by atoms with Crippen molar-refractivity contribution in [3.05, 3.63) is 29.8 Å². The number of Topliss-reactive ketones (excluding diaryl/α,β-unsaturated/α-hetero) is 1. The first-order valence-electron chi connectivity index (χ1n) is 5.51. The van der Waals surface area contributed by atoms with Gasteiger partial charge in [0.1, 0.15) is 5.75 Å². The van der Waals surface area contributed by atoms with Gasteiger partial charge in [0.05, 0.1) is 11.9 Å². The molecule has 1 aromatic rings. The summed E-state index contributed by atoms with van der Waals surface area (Å²) in [6.07, 6.45) is 0.164. The van der Waals surface area contributed by atoms with Gasteiger partial charge in [-0.2, -0.15) is 11.8 Å². The summed E-state index contributed by atoms with van der Waals surface area (Å²) in [6.45, 7) is 6.02. The first-order chi connectivity index (χ1) is 7.63. The Morgan fingerprint density at radius 3 is 2.44 bits per heavy atom. The number of carbonyl (C=O) groups is 1. The third-order valence-electron chi connectivity index (χ3n) is 1.99. The van der Waals surface area contributed by atoms with Crippen molar-refractivity contribution in [1.29, 1.82) is 0 Å². The molecule has 3 heteroatoms. The molecule has 0 aromatic heterocycles. The van der Waals surface area contributed by atoms with Crippen molar-refractivity contribution >= 4 is 17.5 Å². The maximum absolute atomic E-state index is 11.7. The smallest absolute Gasteiger partial charge is 0.172 e. The molecule has 0 saturated heterocycles. The van der Waals surface area contributed by atoms with Crippen molar-refractivity contribution < 1.29 is 9.53 Å². The number of rotatable bonds is 6. The van der Waals surface area contributed by atoms with Crippen molar-refractivity contribution in [2.24, 2.45) is 0 Å². The van der Waals surface area contributed by atoms with Crippen LogP contribution in [0.5, 0.6) is 5.75 Å². The molecule has 0 bridgehead atoms. The SMILES string of the molecule is CCSCC(=O)c1ccc(OC(C)C)cc1. The van der Waals surface area contributed by atoms with Gasteiger partial charge in [0.25, 0.3) is 0 Å². The lowest BCUT2D eigenvalue weighted by Gasteiger charge is -2.09. The average molecular weight is 238 g/mol. The fourth-order valence-electron chi connectivity index (χ4n) is 1.27. The van der Waals surface area contributed by atoms with Gasteiger partial charge in [-0.15, -0.1) is 0 Å². The molecule has 0 unspecified atom stereocenters. The molecule has 0 aliphatic rings. The highest BCUT2D eigenvalue weighted by Gasteiger charge is 2.05. The van der Waals surface area contributed by atoms with Crippen LogP contribution in [-0.2, 0) is 0 Å². The maximum Gasteiger partial charge on any atom is 0.172 e. The van der Waals surface area contributed by atoms with E-state index in [4.69, 9.17) is 4.74 Å². The van der Waals surface area contributed by atoms with E-state index in [9.17, 15) is 4.79 Å². The fraction of sp³-hybridized carbons (Fsp3) is 0.462. The molecule has 0 atom stereocenters. The van der Waals surface area contributed by atoms with Crippen LogP contribution >= 0.6 is 11.8 Å². The van der Waals surface area contributed by atoms with Gasteiger partial charge < -0.3 is 4.74 Å². The van der Waals surface area contributed by atoms with E-state index >= 15 is 0 Å². The van der Waals surface area contributed by atoms with Crippen LogP contribution < -0.4 is 4.74 Å². The van der Waals surface area contributed by atoms with Crippen LogP contribution in [0.3, 0.4) is 0 Å². The standard InChI is InChI=1S/C13H18O2S/c1-4-16-9-13(14)11-5-7-12(8-6-11)15-10(2)3/h5-8,10H,4,9H2,1-3H3. The lowest BCUT2D eigenvalue weighted by atomic mass is 10.1. The summed E-state index contributed by atoms with van der Waals surface area (Å²) < 4.78 is 5.51. The largest absolute Gasteiger partial charge is 0.491 e. The minimum absolute atomic E-state index is 0.164. The Morgan fingerprint density at radius 2 is 1.94 bits per heavy atom. The molecule has 0 fully saturated rings. The fourth-order valence-corrected chi connectivity index (χ4v) is 1.83. The van der Waals surface area contributed by atoms with E-state index in [0.717, 1.165) is 17.1 Å². The molecule has 0 aliphatic carbocycles. The lowest BCUT2D eigenvalue weighted by molar-refractivity contribution is 0.102. The summed E-state index contributed by atoms with van der Waals surface area (Å²) in [5, 5.41) is 0. The molecular weight excluding hydrogens is 220 g/mol. The quantitative estimate of drug-likeness (QED) is 0.710. The highest BCUT2D eigenvalue weighted by atomic mass is 32.2. The summed E-state index contributed by atoms with van der Waals surface area (Å²) in [6, 6.07) is 7.36. The molecule has 0 heterocycles. The molecule has 0 saturated carbocycles. The first kappa shape index (κ1) is 13.1. The average Bonchev–Trinajstić information content (AvgIpc) is 2.26. The van der Waals surface area contributed by atoms with Gasteiger partial charge in [-0.1, -0.05) is 6.92 Å². The minimum atomic E-state index is 0.164. The molecule has 0 radical (unpaired) electrons. The van der Waals surface area contributed by atoms with Crippen molar-refractivity contribution in [1.82, 2.24) is 0 Å². The number of carbonyl (C=O) groups excluding carboxylic acids is 1. The molecule has 0 N–H and O–H groups in total. The van der Waals surface area contributed by atoms with Gasteiger partial charge in [0.15, 0.2) is 5.78 Å². The Kier molecular flexibility index (Phi) is 5.39. The maximum atomic E-state index is 11.7. The van der Waals surface area contributed by atoms with Crippen LogP contribution in [0.15, 0.2) is 24.3 Å². The third-order valence-corrected chi connectivity index (χ3v) is 2.86. The lowest BCUT2D eigenvalue weighted by Crippen LogP contribution is -2.06. The summed E-state index contributed by atoms with van der Waals surface area (Å²) in [5.41, 5.74) is 0.761. The Hall–Kier alpha value is -0.960. The van der Waals surface area contributed by atoms with Gasteiger partial charge >= 0.3 is 0 Å². The Balaban J connectivity index is 2.60. The monoisotopic (exact) mass is 238 g/mol. The van der Waals surface area contributed by atoms with Crippen molar-refractivity contribution in [2.75, 3.05) is 11.5 Å². The summed E-state index contributed by atoms with van der Waals surface area (Å²) in [4.78, 5) is 11.7. The molecule has 16 heavy (non-hydrogen) atoms. The Morgan fingerprint density at radius 1 is 1.31 bits per heavy atom.